The van der Waals surface area contributed by atoms with E-state index in [9.17, 15) is 9.18 Å². The molecule has 0 aromatic heterocycles. The van der Waals surface area contributed by atoms with Crippen LogP contribution in [-0.2, 0) is 11.3 Å². The Kier molecular flexibility index (Phi) is 10.9. The maximum atomic E-state index is 13.2. The smallest absolute Gasteiger partial charge is 0.341 e. The van der Waals surface area contributed by atoms with Crippen molar-refractivity contribution in [2.24, 2.45) is 4.99 Å². The molecule has 0 radical (unpaired) electrons. The van der Waals surface area contributed by atoms with Crippen molar-refractivity contribution < 1.29 is 23.4 Å². The van der Waals surface area contributed by atoms with E-state index in [1.165, 1.54) is 26.4 Å². The monoisotopic (exact) mass is 531 g/mol. The molecular formula is C21H27FIN3O4. The largest absolute Gasteiger partial charge is 0.496 e. The summed E-state index contributed by atoms with van der Waals surface area (Å²) in [6.45, 7) is 2.77. The Balaban J connectivity index is 0.00000450. The fraction of sp³-hybridized carbons (Fsp3) is 0.333. The molecule has 9 heteroatoms. The first kappa shape index (κ1) is 25.5. The number of carbonyl (C=O) groups is 1. The third-order valence-electron chi connectivity index (χ3n) is 4.04. The molecule has 0 saturated carbocycles. The minimum atomic E-state index is -0.463. The zero-order valence-corrected chi connectivity index (χ0v) is 19.7. The molecule has 0 aliphatic rings. The number of carbonyl (C=O) groups excluding carboxylic acids is 1. The van der Waals surface area contributed by atoms with E-state index in [-0.39, 0.29) is 35.9 Å². The lowest BCUT2D eigenvalue weighted by molar-refractivity contribution is 0.0597. The maximum absolute atomic E-state index is 13.2. The van der Waals surface area contributed by atoms with E-state index >= 15 is 0 Å². The van der Waals surface area contributed by atoms with Gasteiger partial charge in [0.1, 0.15) is 29.0 Å². The molecule has 0 amide bonds. The summed E-state index contributed by atoms with van der Waals surface area (Å²) in [7, 11) is 4.48. The number of aliphatic imine (C=N–C) groups is 1. The van der Waals surface area contributed by atoms with Crippen LogP contribution in [0.5, 0.6) is 11.5 Å². The van der Waals surface area contributed by atoms with Crippen molar-refractivity contribution in [2.45, 2.75) is 19.6 Å². The van der Waals surface area contributed by atoms with Crippen LogP contribution in [0.1, 0.15) is 22.8 Å². The molecule has 30 heavy (non-hydrogen) atoms. The number of nitrogens with zero attached hydrogens (tertiary/aromatic N) is 1. The minimum Gasteiger partial charge on any atom is -0.496 e. The Hall–Kier alpha value is -2.56. The van der Waals surface area contributed by atoms with Crippen molar-refractivity contribution in [3.05, 3.63) is 59.4 Å². The minimum absolute atomic E-state index is 0. The van der Waals surface area contributed by atoms with Crippen molar-refractivity contribution in [3.63, 3.8) is 0 Å². The number of benzene rings is 2. The number of hydrogen-bond donors (Lipinski definition) is 2. The number of hydrogen-bond acceptors (Lipinski definition) is 5. The van der Waals surface area contributed by atoms with Gasteiger partial charge < -0.3 is 24.8 Å². The summed E-state index contributed by atoms with van der Waals surface area (Å²) in [5.41, 5.74) is 1.22. The highest BCUT2D eigenvalue weighted by Gasteiger charge is 2.13. The van der Waals surface area contributed by atoms with Crippen molar-refractivity contribution in [3.8, 4) is 11.5 Å². The topological polar surface area (TPSA) is 81.2 Å². The maximum Gasteiger partial charge on any atom is 0.341 e. The Labute approximate surface area is 193 Å². The third kappa shape index (κ3) is 7.69. The lowest BCUT2D eigenvalue weighted by Gasteiger charge is -2.18. The highest BCUT2D eigenvalue weighted by atomic mass is 127. The standard InChI is InChI=1S/C21H26FN3O4.HI/c1-14(29-17-7-5-6-16(22)11-17)12-24-21(23-2)25-13-15-8-9-19(27-3)18(10-15)20(26)28-4;/h5-11,14H,12-13H2,1-4H3,(H2,23,24,25);1H. The first-order chi connectivity index (χ1) is 14.0. The van der Waals surface area contributed by atoms with Gasteiger partial charge in [0.25, 0.3) is 0 Å². The van der Waals surface area contributed by atoms with Crippen LogP contribution in [0, 0.1) is 5.82 Å². The number of halogens is 2. The van der Waals surface area contributed by atoms with Gasteiger partial charge in [-0.1, -0.05) is 12.1 Å². The van der Waals surface area contributed by atoms with Gasteiger partial charge >= 0.3 is 5.97 Å². The van der Waals surface area contributed by atoms with E-state index in [0.717, 1.165) is 5.56 Å². The third-order valence-corrected chi connectivity index (χ3v) is 4.04. The SMILES string of the molecule is CN=C(NCc1ccc(OC)c(C(=O)OC)c1)NCC(C)Oc1cccc(F)c1.I. The molecule has 0 saturated heterocycles. The molecule has 0 bridgehead atoms. The zero-order chi connectivity index (χ0) is 21.2. The summed E-state index contributed by atoms with van der Waals surface area (Å²) < 4.78 is 28.9. The van der Waals surface area contributed by atoms with Crippen LogP contribution in [-0.4, -0.2) is 45.8 Å². The van der Waals surface area contributed by atoms with Gasteiger partial charge in [0.2, 0.25) is 0 Å². The second-order valence-electron chi connectivity index (χ2n) is 6.22. The Morgan fingerprint density at radius 2 is 1.93 bits per heavy atom. The second-order valence-corrected chi connectivity index (χ2v) is 6.22. The summed E-state index contributed by atoms with van der Waals surface area (Å²) in [6, 6.07) is 11.3. The summed E-state index contributed by atoms with van der Waals surface area (Å²) in [6.07, 6.45) is -0.206. The number of methoxy groups -OCH3 is 2. The number of nitrogens with one attached hydrogen (secondary N) is 2. The van der Waals surface area contributed by atoms with Gasteiger partial charge in [-0.25, -0.2) is 9.18 Å². The molecule has 1 unspecified atom stereocenters. The van der Waals surface area contributed by atoms with Crippen LogP contribution in [0.15, 0.2) is 47.5 Å². The number of ether oxygens (including phenoxy) is 3. The summed E-state index contributed by atoms with van der Waals surface area (Å²) in [5.74, 6) is 0.679. The van der Waals surface area contributed by atoms with Crippen molar-refractivity contribution in [2.75, 3.05) is 27.8 Å². The fourth-order valence-electron chi connectivity index (χ4n) is 2.60. The predicted octanol–water partition coefficient (Wildman–Crippen LogP) is 3.37. The van der Waals surface area contributed by atoms with Gasteiger partial charge in [-0.15, -0.1) is 24.0 Å². The molecule has 0 fully saturated rings. The molecule has 0 heterocycles. The van der Waals surface area contributed by atoms with Gasteiger partial charge in [-0.2, -0.15) is 0 Å². The van der Waals surface area contributed by atoms with Crippen LogP contribution >= 0.6 is 24.0 Å². The van der Waals surface area contributed by atoms with Gasteiger partial charge in [0.15, 0.2) is 5.96 Å². The average Bonchev–Trinajstić information content (AvgIpc) is 2.73. The van der Waals surface area contributed by atoms with E-state index in [0.29, 0.717) is 36.1 Å². The molecule has 1 atom stereocenters. The Bertz CT molecular complexity index is 864. The van der Waals surface area contributed by atoms with E-state index in [1.807, 2.05) is 13.0 Å². The molecule has 164 valence electrons. The first-order valence-electron chi connectivity index (χ1n) is 9.08. The van der Waals surface area contributed by atoms with Gasteiger partial charge in [0.05, 0.1) is 20.8 Å². The van der Waals surface area contributed by atoms with E-state index in [2.05, 4.69) is 15.6 Å². The van der Waals surface area contributed by atoms with Crippen molar-refractivity contribution in [1.29, 1.82) is 0 Å². The normalized spacial score (nSPS) is 11.7. The highest BCUT2D eigenvalue weighted by Crippen LogP contribution is 2.20. The van der Waals surface area contributed by atoms with E-state index in [1.54, 1.807) is 31.3 Å². The molecule has 7 nitrogen and oxygen atoms in total. The number of rotatable bonds is 8. The van der Waals surface area contributed by atoms with Crippen molar-refractivity contribution >= 4 is 35.9 Å². The molecule has 0 aliphatic heterocycles. The molecular weight excluding hydrogens is 504 g/mol. The molecule has 2 N–H and O–H groups in total. The molecule has 0 aliphatic carbocycles. The summed E-state index contributed by atoms with van der Waals surface area (Å²) >= 11 is 0. The van der Waals surface area contributed by atoms with Crippen LogP contribution in [0.4, 0.5) is 4.39 Å². The molecule has 2 aromatic carbocycles. The van der Waals surface area contributed by atoms with Crippen LogP contribution in [0.3, 0.4) is 0 Å². The molecule has 2 rings (SSSR count). The number of esters is 1. The Morgan fingerprint density at radius 3 is 2.57 bits per heavy atom. The number of guanidine groups is 1. The Morgan fingerprint density at radius 1 is 1.17 bits per heavy atom. The highest BCUT2D eigenvalue weighted by molar-refractivity contribution is 14.0. The molecule has 0 spiro atoms. The average molecular weight is 531 g/mol. The zero-order valence-electron chi connectivity index (χ0n) is 17.4. The lowest BCUT2D eigenvalue weighted by Crippen LogP contribution is -2.41. The van der Waals surface area contributed by atoms with Gasteiger partial charge in [-0.3, -0.25) is 4.99 Å². The predicted molar refractivity (Wildman–Crippen MR) is 124 cm³/mol. The van der Waals surface area contributed by atoms with E-state index in [4.69, 9.17) is 14.2 Å². The van der Waals surface area contributed by atoms with Crippen LogP contribution < -0.4 is 20.1 Å². The quantitative estimate of drug-likeness (QED) is 0.236. The molecule has 2 aromatic rings. The van der Waals surface area contributed by atoms with Crippen LogP contribution in [0.2, 0.25) is 0 Å². The lowest BCUT2D eigenvalue weighted by atomic mass is 10.1. The van der Waals surface area contributed by atoms with Gasteiger partial charge in [0, 0.05) is 19.7 Å². The first-order valence-corrected chi connectivity index (χ1v) is 9.08. The van der Waals surface area contributed by atoms with Crippen molar-refractivity contribution in [1.82, 2.24) is 10.6 Å². The summed E-state index contributed by atoms with van der Waals surface area (Å²) in [5, 5.41) is 6.32. The van der Waals surface area contributed by atoms with Gasteiger partial charge in [-0.05, 0) is 36.8 Å². The second kappa shape index (κ2) is 12.9. The summed E-state index contributed by atoms with van der Waals surface area (Å²) in [4.78, 5) is 16.1. The van der Waals surface area contributed by atoms with E-state index < -0.39 is 5.97 Å². The fourth-order valence-corrected chi connectivity index (χ4v) is 2.60. The van der Waals surface area contributed by atoms with Crippen LogP contribution in [0.25, 0.3) is 0 Å².